The maximum Gasteiger partial charge on any atom is 0.282 e. The van der Waals surface area contributed by atoms with Gasteiger partial charge in [-0.2, -0.15) is 0 Å². The largest absolute Gasteiger partial charge is 0.494 e. The van der Waals surface area contributed by atoms with Crippen molar-refractivity contribution in [2.24, 2.45) is 0 Å². The van der Waals surface area contributed by atoms with E-state index < -0.39 is 0 Å². The summed E-state index contributed by atoms with van der Waals surface area (Å²) < 4.78 is 5.51. The first-order valence-electron chi connectivity index (χ1n) is 11.2. The lowest BCUT2D eigenvalue weighted by molar-refractivity contribution is -0.120. The predicted molar refractivity (Wildman–Crippen MR) is 129 cm³/mol. The molecule has 0 unspecified atom stereocenters. The molecule has 2 heterocycles. The number of hydrogen-bond acceptors (Lipinski definition) is 5. The molecule has 0 saturated carbocycles. The van der Waals surface area contributed by atoms with Crippen LogP contribution in [0.3, 0.4) is 0 Å². The summed E-state index contributed by atoms with van der Waals surface area (Å²) in [7, 11) is 0. The first-order chi connectivity index (χ1) is 16.1. The molecule has 2 amide bonds. The summed E-state index contributed by atoms with van der Waals surface area (Å²) in [6.45, 7) is 5.68. The molecular weight excluding hydrogens is 414 g/mol. The highest BCUT2D eigenvalue weighted by Gasteiger charge is 2.42. The van der Waals surface area contributed by atoms with Gasteiger partial charge < -0.3 is 9.64 Å². The zero-order valence-corrected chi connectivity index (χ0v) is 18.9. The van der Waals surface area contributed by atoms with Crippen LogP contribution in [-0.4, -0.2) is 41.4 Å². The van der Waals surface area contributed by atoms with E-state index in [1.807, 2.05) is 61.2 Å². The van der Waals surface area contributed by atoms with Crippen molar-refractivity contribution in [3.8, 4) is 5.75 Å². The Balaban J connectivity index is 1.70. The van der Waals surface area contributed by atoms with Crippen LogP contribution in [0, 0.1) is 0 Å². The number of carbonyl (C=O) groups excluding carboxylic acids is 2. The van der Waals surface area contributed by atoms with E-state index in [4.69, 9.17) is 4.74 Å². The first-order valence-corrected chi connectivity index (χ1v) is 11.2. The lowest BCUT2D eigenvalue weighted by atomic mass is 10.0. The number of ether oxygens (including phenoxy) is 1. The molecule has 0 atom stereocenters. The van der Waals surface area contributed by atoms with Crippen molar-refractivity contribution >= 4 is 23.1 Å². The van der Waals surface area contributed by atoms with Crippen molar-refractivity contribution < 1.29 is 14.3 Å². The zero-order chi connectivity index (χ0) is 23.2. The van der Waals surface area contributed by atoms with Gasteiger partial charge in [-0.05, 0) is 67.8 Å². The van der Waals surface area contributed by atoms with E-state index in [0.717, 1.165) is 17.5 Å². The van der Waals surface area contributed by atoms with Crippen LogP contribution in [-0.2, 0) is 16.0 Å². The second-order valence-corrected chi connectivity index (χ2v) is 7.65. The predicted octanol–water partition coefficient (Wildman–Crippen LogP) is 4.33. The Kier molecular flexibility index (Phi) is 6.83. The van der Waals surface area contributed by atoms with Crippen molar-refractivity contribution in [2.45, 2.75) is 20.3 Å². The molecule has 33 heavy (non-hydrogen) atoms. The fraction of sp³-hybridized carbons (Fsp3) is 0.222. The van der Waals surface area contributed by atoms with Gasteiger partial charge in [0, 0.05) is 25.5 Å². The minimum atomic E-state index is -0.312. The summed E-state index contributed by atoms with van der Waals surface area (Å²) in [4.78, 5) is 34.6. The third kappa shape index (κ3) is 4.65. The number of anilines is 1. The number of hydrogen-bond donors (Lipinski definition) is 0. The van der Waals surface area contributed by atoms with E-state index in [1.165, 1.54) is 4.90 Å². The smallest absolute Gasteiger partial charge is 0.282 e. The molecular formula is C27H27N3O3. The number of amides is 2. The summed E-state index contributed by atoms with van der Waals surface area (Å²) in [5.41, 5.74) is 3.27. The van der Waals surface area contributed by atoms with Gasteiger partial charge in [-0.1, -0.05) is 30.3 Å². The van der Waals surface area contributed by atoms with E-state index in [-0.39, 0.29) is 11.8 Å². The molecule has 0 fully saturated rings. The van der Waals surface area contributed by atoms with Crippen molar-refractivity contribution in [3.63, 3.8) is 0 Å². The van der Waals surface area contributed by atoms with Crippen LogP contribution in [0.4, 0.5) is 5.69 Å². The van der Waals surface area contributed by atoms with Crippen LogP contribution in [0.2, 0.25) is 0 Å². The molecule has 0 aliphatic carbocycles. The third-order valence-electron chi connectivity index (χ3n) is 5.65. The average Bonchev–Trinajstić information content (AvgIpc) is 3.11. The third-order valence-corrected chi connectivity index (χ3v) is 5.65. The molecule has 4 rings (SSSR count). The van der Waals surface area contributed by atoms with Gasteiger partial charge in [0.25, 0.3) is 11.8 Å². The maximum atomic E-state index is 13.7. The van der Waals surface area contributed by atoms with E-state index in [1.54, 1.807) is 36.7 Å². The monoisotopic (exact) mass is 441 g/mol. The summed E-state index contributed by atoms with van der Waals surface area (Å²) >= 11 is 0. The van der Waals surface area contributed by atoms with Crippen LogP contribution in [0.25, 0.3) is 5.57 Å². The van der Waals surface area contributed by atoms with Crippen LogP contribution < -0.4 is 9.64 Å². The van der Waals surface area contributed by atoms with Crippen LogP contribution in [0.1, 0.15) is 25.0 Å². The van der Waals surface area contributed by atoms with E-state index in [0.29, 0.717) is 42.4 Å². The Bertz CT molecular complexity index is 1140. The molecule has 2 aromatic carbocycles. The lowest BCUT2D eigenvalue weighted by Crippen LogP contribution is -2.36. The van der Waals surface area contributed by atoms with Crippen LogP contribution in [0.5, 0.6) is 5.75 Å². The molecule has 1 aromatic heterocycles. The number of pyridine rings is 1. The van der Waals surface area contributed by atoms with Crippen molar-refractivity contribution in [1.29, 1.82) is 0 Å². The standard InChI is InChI=1S/C27H27N3O3/c1-3-29(19-16-20-14-17-28-18-15-20)25-24(21-8-6-5-7-9-21)26(31)30(27(25)32)22-10-12-23(13-11-22)33-4-2/h5-15,17-18H,3-4,16,19H2,1-2H3. The molecule has 6 heteroatoms. The molecule has 0 N–H and O–H groups in total. The average molecular weight is 442 g/mol. The Hall–Kier alpha value is -3.93. The molecule has 0 spiro atoms. The number of aromatic nitrogens is 1. The van der Waals surface area contributed by atoms with Crippen molar-refractivity contribution in [1.82, 2.24) is 9.88 Å². The highest BCUT2D eigenvalue weighted by Crippen LogP contribution is 2.35. The molecule has 1 aliphatic rings. The molecule has 168 valence electrons. The van der Waals surface area contributed by atoms with Gasteiger partial charge in [0.15, 0.2) is 0 Å². The Morgan fingerprint density at radius 1 is 0.879 bits per heavy atom. The number of carbonyl (C=O) groups is 2. The molecule has 1 aliphatic heterocycles. The van der Waals surface area contributed by atoms with Gasteiger partial charge >= 0.3 is 0 Å². The van der Waals surface area contributed by atoms with Gasteiger partial charge in [-0.15, -0.1) is 0 Å². The number of imide groups is 1. The topological polar surface area (TPSA) is 62.7 Å². The lowest BCUT2D eigenvalue weighted by Gasteiger charge is -2.25. The van der Waals surface area contributed by atoms with E-state index >= 15 is 0 Å². The zero-order valence-electron chi connectivity index (χ0n) is 18.9. The van der Waals surface area contributed by atoms with Crippen LogP contribution >= 0.6 is 0 Å². The number of benzene rings is 2. The van der Waals surface area contributed by atoms with Crippen LogP contribution in [0.15, 0.2) is 84.8 Å². The Morgan fingerprint density at radius 3 is 2.21 bits per heavy atom. The van der Waals surface area contributed by atoms with Gasteiger partial charge in [0.2, 0.25) is 0 Å². The molecule has 0 saturated heterocycles. The highest BCUT2D eigenvalue weighted by molar-refractivity contribution is 6.45. The fourth-order valence-corrected chi connectivity index (χ4v) is 4.01. The number of likely N-dealkylation sites (N-methyl/N-ethyl adjacent to an activating group) is 1. The molecule has 3 aromatic rings. The Labute approximate surface area is 194 Å². The maximum absolute atomic E-state index is 13.7. The molecule has 0 bridgehead atoms. The SMILES string of the molecule is CCOc1ccc(N2C(=O)C(c3ccccc3)=C(N(CC)CCc3ccncc3)C2=O)cc1. The second kappa shape index (κ2) is 10.1. The minimum absolute atomic E-state index is 0.306. The normalized spacial score (nSPS) is 13.6. The number of rotatable bonds is 9. The van der Waals surface area contributed by atoms with Gasteiger partial charge in [0.1, 0.15) is 11.4 Å². The minimum Gasteiger partial charge on any atom is -0.494 e. The van der Waals surface area contributed by atoms with Crippen molar-refractivity contribution in [3.05, 3.63) is 95.9 Å². The quantitative estimate of drug-likeness (QED) is 0.463. The summed E-state index contributed by atoms with van der Waals surface area (Å²) in [6, 6.07) is 20.4. The fourth-order valence-electron chi connectivity index (χ4n) is 4.01. The summed E-state index contributed by atoms with van der Waals surface area (Å²) in [6.07, 6.45) is 4.27. The highest BCUT2D eigenvalue weighted by atomic mass is 16.5. The van der Waals surface area contributed by atoms with Crippen molar-refractivity contribution in [2.75, 3.05) is 24.6 Å². The van der Waals surface area contributed by atoms with E-state index in [2.05, 4.69) is 4.98 Å². The number of nitrogens with zero attached hydrogens (tertiary/aromatic N) is 3. The summed E-state index contributed by atoms with van der Waals surface area (Å²) in [5.74, 6) is 0.0802. The van der Waals surface area contributed by atoms with Gasteiger partial charge in [-0.3, -0.25) is 14.6 Å². The van der Waals surface area contributed by atoms with Gasteiger partial charge in [0.05, 0.1) is 17.9 Å². The summed E-state index contributed by atoms with van der Waals surface area (Å²) in [5, 5.41) is 0. The Morgan fingerprint density at radius 2 is 1.58 bits per heavy atom. The molecule has 0 radical (unpaired) electrons. The van der Waals surface area contributed by atoms with Gasteiger partial charge in [-0.25, -0.2) is 4.90 Å². The van der Waals surface area contributed by atoms with E-state index in [9.17, 15) is 9.59 Å². The second-order valence-electron chi connectivity index (χ2n) is 7.65. The molecule has 6 nitrogen and oxygen atoms in total. The first kappa shape index (κ1) is 22.3.